The predicted molar refractivity (Wildman–Crippen MR) is 118 cm³/mol. The van der Waals surface area contributed by atoms with Crippen LogP contribution in [0.4, 0.5) is 0 Å². The van der Waals surface area contributed by atoms with Crippen molar-refractivity contribution in [3.63, 3.8) is 0 Å². The van der Waals surface area contributed by atoms with E-state index in [0.717, 1.165) is 28.6 Å². The van der Waals surface area contributed by atoms with Gasteiger partial charge in [-0.2, -0.15) is 0 Å². The molecule has 5 nitrogen and oxygen atoms in total. The summed E-state index contributed by atoms with van der Waals surface area (Å²) in [6.45, 7) is 7.69. The minimum Gasteiger partial charge on any atom is -0.464 e. The number of imidazole rings is 1. The monoisotopic (exact) mass is 401 g/mol. The largest absolute Gasteiger partial charge is 0.464 e. The molecule has 2 aromatic heterocycles. The SMILES string of the molecule is Cc1cc2occ(CC(=O)NCc3ccccc3Cn3ccnc3)c2cc1C(C)C. The van der Waals surface area contributed by atoms with Crippen molar-refractivity contribution in [2.24, 2.45) is 0 Å². The van der Waals surface area contributed by atoms with Crippen LogP contribution in [0.5, 0.6) is 0 Å². The lowest BCUT2D eigenvalue weighted by molar-refractivity contribution is -0.120. The molecular formula is C25H27N3O2. The van der Waals surface area contributed by atoms with Crippen LogP contribution in [0.2, 0.25) is 0 Å². The zero-order valence-corrected chi connectivity index (χ0v) is 17.7. The lowest BCUT2D eigenvalue weighted by Gasteiger charge is -2.12. The highest BCUT2D eigenvalue weighted by Crippen LogP contribution is 2.29. The number of aryl methyl sites for hydroxylation is 1. The first kappa shape index (κ1) is 20.0. The van der Waals surface area contributed by atoms with Gasteiger partial charge in [0.15, 0.2) is 0 Å². The van der Waals surface area contributed by atoms with Crippen LogP contribution in [-0.4, -0.2) is 15.5 Å². The van der Waals surface area contributed by atoms with E-state index >= 15 is 0 Å². The number of carbonyl (C=O) groups is 1. The Bertz CT molecular complexity index is 1160. The van der Waals surface area contributed by atoms with Crippen molar-refractivity contribution in [2.45, 2.75) is 46.2 Å². The molecule has 1 amide bonds. The molecule has 154 valence electrons. The molecule has 0 saturated heterocycles. The van der Waals surface area contributed by atoms with Crippen LogP contribution in [0, 0.1) is 6.92 Å². The molecule has 0 radical (unpaired) electrons. The van der Waals surface area contributed by atoms with Gasteiger partial charge >= 0.3 is 0 Å². The van der Waals surface area contributed by atoms with Crippen LogP contribution in [0.3, 0.4) is 0 Å². The third kappa shape index (κ3) is 4.30. The van der Waals surface area contributed by atoms with E-state index in [1.54, 1.807) is 18.8 Å². The Morgan fingerprint density at radius 2 is 1.97 bits per heavy atom. The Balaban J connectivity index is 1.45. The van der Waals surface area contributed by atoms with E-state index in [9.17, 15) is 4.79 Å². The predicted octanol–water partition coefficient (Wildman–Crippen LogP) is 4.97. The maximum atomic E-state index is 12.7. The molecule has 2 heterocycles. The van der Waals surface area contributed by atoms with Gasteiger partial charge in [0, 0.05) is 36.4 Å². The molecule has 0 spiro atoms. The van der Waals surface area contributed by atoms with Gasteiger partial charge in [-0.05, 0) is 47.2 Å². The molecule has 2 aromatic carbocycles. The summed E-state index contributed by atoms with van der Waals surface area (Å²) in [7, 11) is 0. The van der Waals surface area contributed by atoms with Gasteiger partial charge in [0.1, 0.15) is 5.58 Å². The number of amides is 1. The number of benzene rings is 2. The molecule has 4 rings (SSSR count). The number of hydrogen-bond acceptors (Lipinski definition) is 3. The molecule has 5 heteroatoms. The van der Waals surface area contributed by atoms with Crippen LogP contribution in [-0.2, 0) is 24.3 Å². The third-order valence-corrected chi connectivity index (χ3v) is 5.52. The summed E-state index contributed by atoms with van der Waals surface area (Å²) in [6, 6.07) is 12.4. The van der Waals surface area contributed by atoms with Crippen LogP contribution in [0.1, 0.15) is 47.6 Å². The number of rotatable bonds is 7. The quantitative estimate of drug-likeness (QED) is 0.476. The average Bonchev–Trinajstić information content (AvgIpc) is 3.36. The topological polar surface area (TPSA) is 60.1 Å². The van der Waals surface area contributed by atoms with Crippen LogP contribution in [0.15, 0.2) is 65.8 Å². The standard InChI is InChI=1S/C25H27N3O2/c1-17(2)22-12-23-21(15-30-24(23)10-18(22)3)11-25(29)27-13-19-6-4-5-7-20(19)14-28-9-8-26-16-28/h4-10,12,15-17H,11,13-14H2,1-3H3,(H,27,29). The maximum absolute atomic E-state index is 12.7. The molecule has 1 N–H and O–H groups in total. The van der Waals surface area contributed by atoms with Gasteiger partial charge in [0.25, 0.3) is 0 Å². The van der Waals surface area contributed by atoms with Gasteiger partial charge in [-0.1, -0.05) is 38.1 Å². The summed E-state index contributed by atoms with van der Waals surface area (Å²) in [6.07, 6.45) is 7.52. The summed E-state index contributed by atoms with van der Waals surface area (Å²) >= 11 is 0. The smallest absolute Gasteiger partial charge is 0.224 e. The highest BCUT2D eigenvalue weighted by molar-refractivity contribution is 5.88. The zero-order chi connectivity index (χ0) is 21.1. The van der Waals surface area contributed by atoms with Gasteiger partial charge in [-0.3, -0.25) is 4.79 Å². The first-order valence-electron chi connectivity index (χ1n) is 10.3. The minimum atomic E-state index is -0.0122. The van der Waals surface area contributed by atoms with Gasteiger partial charge in [0.05, 0.1) is 19.0 Å². The fourth-order valence-electron chi connectivity index (χ4n) is 3.89. The number of carbonyl (C=O) groups excluding carboxylic acids is 1. The maximum Gasteiger partial charge on any atom is 0.224 e. The molecule has 0 saturated carbocycles. The van der Waals surface area contributed by atoms with Crippen molar-refractivity contribution >= 4 is 16.9 Å². The highest BCUT2D eigenvalue weighted by atomic mass is 16.3. The van der Waals surface area contributed by atoms with E-state index in [-0.39, 0.29) is 5.91 Å². The fourth-order valence-corrected chi connectivity index (χ4v) is 3.89. The number of hydrogen-bond donors (Lipinski definition) is 1. The van der Waals surface area contributed by atoms with Crippen molar-refractivity contribution < 1.29 is 9.21 Å². The fraction of sp³-hybridized carbons (Fsp3) is 0.280. The second kappa shape index (κ2) is 8.57. The van der Waals surface area contributed by atoms with Gasteiger partial charge in [-0.15, -0.1) is 0 Å². The number of nitrogens with zero attached hydrogens (tertiary/aromatic N) is 2. The summed E-state index contributed by atoms with van der Waals surface area (Å²) in [5, 5.41) is 4.09. The lowest BCUT2D eigenvalue weighted by Crippen LogP contribution is -2.25. The molecule has 30 heavy (non-hydrogen) atoms. The van der Waals surface area contributed by atoms with Crippen molar-refractivity contribution in [3.05, 3.63) is 89.2 Å². The number of furan rings is 1. The van der Waals surface area contributed by atoms with Gasteiger partial charge in [0.2, 0.25) is 5.91 Å². The first-order valence-corrected chi connectivity index (χ1v) is 10.3. The molecule has 0 fully saturated rings. The van der Waals surface area contributed by atoms with E-state index in [0.29, 0.717) is 18.9 Å². The average molecular weight is 402 g/mol. The molecule has 0 aliphatic carbocycles. The Kier molecular flexibility index (Phi) is 5.70. The van der Waals surface area contributed by atoms with E-state index in [2.05, 4.69) is 55.3 Å². The summed E-state index contributed by atoms with van der Waals surface area (Å²) in [5.74, 6) is 0.416. The molecular weight excluding hydrogens is 374 g/mol. The van der Waals surface area contributed by atoms with Gasteiger partial charge < -0.3 is 14.3 Å². The van der Waals surface area contributed by atoms with E-state index in [4.69, 9.17) is 4.42 Å². The number of nitrogens with one attached hydrogen (secondary N) is 1. The third-order valence-electron chi connectivity index (χ3n) is 5.52. The summed E-state index contributed by atoms with van der Waals surface area (Å²) in [5.41, 5.74) is 6.55. The minimum absolute atomic E-state index is 0.0122. The Morgan fingerprint density at radius 3 is 2.70 bits per heavy atom. The Hall–Kier alpha value is -3.34. The second-order valence-corrected chi connectivity index (χ2v) is 8.08. The summed E-state index contributed by atoms with van der Waals surface area (Å²) in [4.78, 5) is 16.8. The van der Waals surface area contributed by atoms with E-state index in [1.165, 1.54) is 16.7 Å². The van der Waals surface area contributed by atoms with Crippen molar-refractivity contribution in [2.75, 3.05) is 0 Å². The lowest BCUT2D eigenvalue weighted by atomic mass is 9.95. The van der Waals surface area contributed by atoms with Crippen molar-refractivity contribution in [1.29, 1.82) is 0 Å². The van der Waals surface area contributed by atoms with Crippen LogP contribution < -0.4 is 5.32 Å². The van der Waals surface area contributed by atoms with E-state index < -0.39 is 0 Å². The van der Waals surface area contributed by atoms with Crippen molar-refractivity contribution in [1.82, 2.24) is 14.9 Å². The van der Waals surface area contributed by atoms with Crippen LogP contribution in [0.25, 0.3) is 11.0 Å². The Morgan fingerprint density at radius 1 is 1.17 bits per heavy atom. The first-order chi connectivity index (χ1) is 14.5. The zero-order valence-electron chi connectivity index (χ0n) is 17.7. The van der Waals surface area contributed by atoms with Crippen molar-refractivity contribution in [3.8, 4) is 0 Å². The highest BCUT2D eigenvalue weighted by Gasteiger charge is 2.14. The summed E-state index contributed by atoms with van der Waals surface area (Å²) < 4.78 is 7.74. The molecule has 4 aromatic rings. The number of aromatic nitrogens is 2. The normalized spacial score (nSPS) is 11.3. The molecule has 0 aliphatic heterocycles. The Labute approximate surface area is 176 Å². The molecule has 0 unspecified atom stereocenters. The van der Waals surface area contributed by atoms with Crippen LogP contribution >= 0.6 is 0 Å². The number of fused-ring (bicyclic) bond motifs is 1. The second-order valence-electron chi connectivity index (χ2n) is 8.08. The van der Waals surface area contributed by atoms with E-state index in [1.807, 2.05) is 22.9 Å². The molecule has 0 bridgehead atoms. The molecule has 0 atom stereocenters. The molecule has 0 aliphatic rings. The van der Waals surface area contributed by atoms with Gasteiger partial charge in [-0.25, -0.2) is 4.98 Å².